The Morgan fingerprint density at radius 1 is 1.00 bits per heavy atom. The number of ketones is 1. The number of Topliss-reactive ketones (excluding diaryl/α,β-unsaturated/α-hetero) is 1. The smallest absolute Gasteiger partial charge is 0.295 e. The van der Waals surface area contributed by atoms with Crippen LogP contribution in [0, 0.1) is 0 Å². The predicted octanol–water partition coefficient (Wildman–Crippen LogP) is 5.66. The molecule has 2 heterocycles. The fourth-order valence-electron chi connectivity index (χ4n) is 3.54. The molecular weight excluding hydrogens is 459 g/mol. The summed E-state index contributed by atoms with van der Waals surface area (Å²) in [5, 5.41) is 12.2. The molecule has 1 atom stereocenters. The average Bonchev–Trinajstić information content (AvgIpc) is 2.99. The average molecular weight is 474 g/mol. The van der Waals surface area contributed by atoms with Gasteiger partial charge in [-0.2, -0.15) is 0 Å². The van der Waals surface area contributed by atoms with Crippen molar-refractivity contribution in [2.45, 2.75) is 12.6 Å². The van der Waals surface area contributed by atoms with Crippen LogP contribution in [0.5, 0.6) is 0 Å². The number of carbonyl (C=O) groups excluding carboxylic acids is 2. The Balaban J connectivity index is 1.89. The van der Waals surface area contributed by atoms with Gasteiger partial charge in [0.25, 0.3) is 11.7 Å². The number of hydrogen-bond donors (Lipinski definition) is 1. The van der Waals surface area contributed by atoms with Crippen molar-refractivity contribution >= 4 is 52.3 Å². The molecule has 5 nitrogen and oxygen atoms in total. The molecule has 1 aliphatic heterocycles. The van der Waals surface area contributed by atoms with E-state index >= 15 is 0 Å². The van der Waals surface area contributed by atoms with Gasteiger partial charge in [0.1, 0.15) is 5.76 Å². The number of rotatable bonds is 4. The normalized spacial score (nSPS) is 17.9. The molecule has 3 aromatic rings. The number of aliphatic hydroxyl groups is 1. The lowest BCUT2D eigenvalue weighted by atomic mass is 9.95. The molecule has 2 aromatic carbocycles. The summed E-state index contributed by atoms with van der Waals surface area (Å²) in [4.78, 5) is 31.5. The maximum atomic E-state index is 13.0. The Hall–Kier alpha value is -2.86. The van der Waals surface area contributed by atoms with Crippen LogP contribution in [-0.2, 0) is 16.1 Å². The number of halogens is 3. The van der Waals surface area contributed by atoms with Crippen LogP contribution in [0.1, 0.15) is 22.7 Å². The number of aliphatic hydroxyl groups excluding tert-OH is 1. The third-order valence-corrected chi connectivity index (χ3v) is 5.80. The minimum Gasteiger partial charge on any atom is -0.507 e. The molecule has 0 spiro atoms. The van der Waals surface area contributed by atoms with Crippen LogP contribution in [-0.4, -0.2) is 26.7 Å². The monoisotopic (exact) mass is 472 g/mol. The zero-order valence-corrected chi connectivity index (χ0v) is 18.2. The molecule has 1 unspecified atom stereocenters. The van der Waals surface area contributed by atoms with Crippen molar-refractivity contribution in [3.63, 3.8) is 0 Å². The zero-order valence-electron chi connectivity index (χ0n) is 15.9. The number of benzene rings is 2. The summed E-state index contributed by atoms with van der Waals surface area (Å²) in [6.45, 7) is 0.111. The van der Waals surface area contributed by atoms with Gasteiger partial charge in [-0.15, -0.1) is 0 Å². The molecule has 1 amide bonds. The Kier molecular flexibility index (Phi) is 6.01. The van der Waals surface area contributed by atoms with E-state index in [0.29, 0.717) is 21.2 Å². The quantitative estimate of drug-likeness (QED) is 0.301. The van der Waals surface area contributed by atoms with Crippen LogP contribution in [0.3, 0.4) is 0 Å². The molecular formula is C23H15Cl3N2O3. The van der Waals surface area contributed by atoms with E-state index in [-0.39, 0.29) is 22.9 Å². The molecule has 4 rings (SSSR count). The SMILES string of the molecule is O=C1C(=O)N(Cc2cccnc2)C(c2ccc(Cl)cc2Cl)/C1=C(\O)c1ccc(Cl)cc1. The number of hydrogen-bond acceptors (Lipinski definition) is 4. The van der Waals surface area contributed by atoms with Crippen LogP contribution in [0.4, 0.5) is 0 Å². The van der Waals surface area contributed by atoms with Crippen molar-refractivity contribution in [1.29, 1.82) is 0 Å². The third-order valence-electron chi connectivity index (χ3n) is 4.99. The predicted molar refractivity (Wildman–Crippen MR) is 120 cm³/mol. The van der Waals surface area contributed by atoms with Gasteiger partial charge in [-0.3, -0.25) is 14.6 Å². The molecule has 0 aliphatic carbocycles. The van der Waals surface area contributed by atoms with Crippen molar-refractivity contribution < 1.29 is 14.7 Å². The maximum absolute atomic E-state index is 13.0. The molecule has 1 saturated heterocycles. The van der Waals surface area contributed by atoms with Gasteiger partial charge in [0.2, 0.25) is 0 Å². The molecule has 1 N–H and O–H groups in total. The van der Waals surface area contributed by atoms with Gasteiger partial charge in [-0.05, 0) is 53.6 Å². The second kappa shape index (κ2) is 8.71. The fraction of sp³-hybridized carbons (Fsp3) is 0.0870. The first-order valence-electron chi connectivity index (χ1n) is 9.25. The van der Waals surface area contributed by atoms with Crippen molar-refractivity contribution in [3.05, 3.63) is 104 Å². The first-order valence-corrected chi connectivity index (χ1v) is 10.4. The molecule has 1 aromatic heterocycles. The largest absolute Gasteiger partial charge is 0.507 e. The van der Waals surface area contributed by atoms with E-state index in [1.54, 1.807) is 60.9 Å². The van der Waals surface area contributed by atoms with Crippen LogP contribution in [0.25, 0.3) is 5.76 Å². The number of aromatic nitrogens is 1. The summed E-state index contributed by atoms with van der Waals surface area (Å²) >= 11 is 18.4. The maximum Gasteiger partial charge on any atom is 0.295 e. The van der Waals surface area contributed by atoms with Gasteiger partial charge < -0.3 is 10.0 Å². The summed E-state index contributed by atoms with van der Waals surface area (Å²) in [5.41, 5.74) is 1.51. The number of pyridine rings is 1. The van der Waals surface area contributed by atoms with Crippen LogP contribution < -0.4 is 0 Å². The van der Waals surface area contributed by atoms with Crippen molar-refractivity contribution in [1.82, 2.24) is 9.88 Å². The van der Waals surface area contributed by atoms with E-state index in [1.807, 2.05) is 0 Å². The Labute approximate surface area is 193 Å². The highest BCUT2D eigenvalue weighted by Crippen LogP contribution is 2.43. The first-order chi connectivity index (χ1) is 14.9. The van der Waals surface area contributed by atoms with E-state index in [0.717, 1.165) is 5.56 Å². The molecule has 1 aliphatic rings. The molecule has 31 heavy (non-hydrogen) atoms. The van der Waals surface area contributed by atoms with Crippen LogP contribution in [0.2, 0.25) is 15.1 Å². The number of carbonyl (C=O) groups is 2. The highest BCUT2D eigenvalue weighted by molar-refractivity contribution is 6.47. The van der Waals surface area contributed by atoms with Gasteiger partial charge in [-0.1, -0.05) is 46.9 Å². The van der Waals surface area contributed by atoms with Gasteiger partial charge in [0.15, 0.2) is 0 Å². The van der Waals surface area contributed by atoms with Gasteiger partial charge >= 0.3 is 0 Å². The highest BCUT2D eigenvalue weighted by atomic mass is 35.5. The van der Waals surface area contributed by atoms with E-state index in [2.05, 4.69) is 4.98 Å². The molecule has 1 fully saturated rings. The lowest BCUT2D eigenvalue weighted by Gasteiger charge is -2.26. The Bertz CT molecular complexity index is 1190. The highest BCUT2D eigenvalue weighted by Gasteiger charge is 2.46. The summed E-state index contributed by atoms with van der Waals surface area (Å²) < 4.78 is 0. The molecule has 0 saturated carbocycles. The topological polar surface area (TPSA) is 70.5 Å². The molecule has 0 bridgehead atoms. The third kappa shape index (κ3) is 4.17. The summed E-state index contributed by atoms with van der Waals surface area (Å²) in [6.07, 6.45) is 3.23. The Morgan fingerprint density at radius 2 is 1.71 bits per heavy atom. The van der Waals surface area contributed by atoms with Gasteiger partial charge in [0.05, 0.1) is 11.6 Å². The zero-order chi connectivity index (χ0) is 22.1. The van der Waals surface area contributed by atoms with Gasteiger partial charge in [0, 0.05) is 39.6 Å². The van der Waals surface area contributed by atoms with E-state index < -0.39 is 17.7 Å². The minimum atomic E-state index is -0.902. The van der Waals surface area contributed by atoms with Crippen LogP contribution in [0.15, 0.2) is 72.6 Å². The Morgan fingerprint density at radius 3 is 2.35 bits per heavy atom. The standard InChI is InChI=1S/C23H15Cl3N2O3/c24-15-5-3-14(4-6-15)21(29)19-20(17-8-7-16(25)10-18(17)26)28(23(31)22(19)30)12-13-2-1-9-27-11-13/h1-11,20,29H,12H2/b21-19+. The fourth-order valence-corrected chi connectivity index (χ4v) is 4.18. The molecule has 156 valence electrons. The summed E-state index contributed by atoms with van der Waals surface area (Å²) in [7, 11) is 0. The van der Waals surface area contributed by atoms with Crippen molar-refractivity contribution in [3.8, 4) is 0 Å². The minimum absolute atomic E-state index is 0.0552. The summed E-state index contributed by atoms with van der Waals surface area (Å²) in [6, 6.07) is 13.8. The number of amides is 1. The van der Waals surface area contributed by atoms with Crippen molar-refractivity contribution in [2.24, 2.45) is 0 Å². The molecule has 8 heteroatoms. The van der Waals surface area contributed by atoms with E-state index in [9.17, 15) is 14.7 Å². The second-order valence-electron chi connectivity index (χ2n) is 6.96. The lowest BCUT2D eigenvalue weighted by Crippen LogP contribution is -2.29. The molecule has 0 radical (unpaired) electrons. The van der Waals surface area contributed by atoms with Gasteiger partial charge in [-0.25, -0.2) is 0 Å². The van der Waals surface area contributed by atoms with Crippen LogP contribution >= 0.6 is 34.8 Å². The van der Waals surface area contributed by atoms with E-state index in [1.165, 1.54) is 11.0 Å². The number of nitrogens with zero attached hydrogens (tertiary/aromatic N) is 2. The first kappa shape index (κ1) is 21.4. The lowest BCUT2D eigenvalue weighted by molar-refractivity contribution is -0.140. The second-order valence-corrected chi connectivity index (χ2v) is 8.24. The number of likely N-dealkylation sites (tertiary alicyclic amines) is 1. The van der Waals surface area contributed by atoms with E-state index in [4.69, 9.17) is 34.8 Å². The summed E-state index contributed by atoms with van der Waals surface area (Å²) in [5.74, 6) is -1.84. The van der Waals surface area contributed by atoms with Crippen molar-refractivity contribution in [2.75, 3.05) is 0 Å².